The average molecular weight is 321 g/mol. The summed E-state index contributed by atoms with van der Waals surface area (Å²) in [7, 11) is -4.28. The minimum Gasteiger partial charge on any atom is -0.363 e. The smallest absolute Gasteiger partial charge is 0.363 e. The zero-order valence-electron chi connectivity index (χ0n) is 10.8. The van der Waals surface area contributed by atoms with Crippen molar-refractivity contribution in [2.24, 2.45) is 0 Å². The van der Waals surface area contributed by atoms with Crippen LogP contribution >= 0.6 is 11.6 Å². The fraction of sp³-hybridized carbons (Fsp3) is 0.0769. The van der Waals surface area contributed by atoms with Crippen LogP contribution in [-0.4, -0.2) is 13.0 Å². The maximum absolute atomic E-state index is 11.5. The Morgan fingerprint density at radius 3 is 2.25 bits per heavy atom. The summed E-state index contributed by atoms with van der Waals surface area (Å²) in [5.74, 6) is 0. The molecule has 0 aliphatic heterocycles. The molecule has 100 valence electrons. The van der Waals surface area contributed by atoms with E-state index in [-0.39, 0.29) is 29.6 Å². The van der Waals surface area contributed by atoms with E-state index in [9.17, 15) is 13.0 Å². The second kappa shape index (κ2) is 7.45. The van der Waals surface area contributed by atoms with Crippen molar-refractivity contribution in [2.45, 2.75) is 5.37 Å². The molecule has 0 fully saturated rings. The van der Waals surface area contributed by atoms with Crippen LogP contribution in [0.4, 0.5) is 5.69 Å². The van der Waals surface area contributed by atoms with Gasteiger partial charge in [0.15, 0.2) is 5.37 Å². The Labute approximate surface area is 145 Å². The van der Waals surface area contributed by atoms with Crippen LogP contribution in [0, 0.1) is 0 Å². The number of benzene rings is 2. The average Bonchev–Trinajstić information content (AvgIpc) is 2.36. The van der Waals surface area contributed by atoms with E-state index in [2.05, 4.69) is 5.32 Å². The zero-order valence-corrected chi connectivity index (χ0v) is 14.4. The van der Waals surface area contributed by atoms with Crippen LogP contribution in [0.1, 0.15) is 10.9 Å². The number of rotatable bonds is 4. The molecule has 0 spiro atoms. The molecule has 0 aromatic heterocycles. The van der Waals surface area contributed by atoms with Gasteiger partial charge < -0.3 is 5.32 Å². The van der Waals surface area contributed by atoms with Crippen molar-refractivity contribution < 1.29 is 42.5 Å². The van der Waals surface area contributed by atoms with E-state index in [1.54, 1.807) is 54.6 Å². The van der Waals surface area contributed by atoms with Gasteiger partial charge in [-0.15, -0.1) is 0 Å². The van der Waals surface area contributed by atoms with E-state index in [0.29, 0.717) is 16.3 Å². The third kappa shape index (κ3) is 4.77. The summed E-state index contributed by atoms with van der Waals surface area (Å²) < 4.78 is 32.3. The Balaban J connectivity index is 0.00000200. The van der Waals surface area contributed by atoms with Gasteiger partial charge in [-0.1, -0.05) is 48.0 Å². The molecule has 4 nitrogen and oxygen atoms in total. The molecule has 0 saturated heterocycles. The van der Waals surface area contributed by atoms with Gasteiger partial charge >= 0.3 is 29.6 Å². The largest absolute Gasteiger partial charge is 1.00 e. The van der Waals surface area contributed by atoms with Gasteiger partial charge in [0.05, 0.1) is 0 Å². The molecule has 2 N–H and O–H groups in total. The van der Waals surface area contributed by atoms with Crippen molar-refractivity contribution in [1.29, 1.82) is 0 Å². The molecule has 0 aliphatic carbocycles. The summed E-state index contributed by atoms with van der Waals surface area (Å²) in [5.41, 5.74) is 0.962. The standard InChI is InChI=1S/C13H12ClNO3S.Na/c14-11-7-4-8-12(9-11)15-13(19(16,17)18)10-5-2-1-3-6-10;/h1-9,13,15H,(H,16,17,18);/q;+1. The second-order valence-corrected chi connectivity index (χ2v) is 5.90. The molecule has 0 saturated carbocycles. The molecule has 2 aromatic rings. The maximum Gasteiger partial charge on any atom is 1.00 e. The van der Waals surface area contributed by atoms with E-state index in [1.165, 1.54) is 0 Å². The van der Waals surface area contributed by atoms with Crippen LogP contribution in [0.2, 0.25) is 5.02 Å². The molecule has 0 amide bonds. The third-order valence-electron chi connectivity index (χ3n) is 2.52. The molecule has 1 unspecified atom stereocenters. The quantitative estimate of drug-likeness (QED) is 0.630. The predicted molar refractivity (Wildman–Crippen MR) is 75.8 cm³/mol. The fourth-order valence-corrected chi connectivity index (χ4v) is 2.66. The first kappa shape index (κ1) is 17.5. The Morgan fingerprint density at radius 2 is 1.70 bits per heavy atom. The van der Waals surface area contributed by atoms with Gasteiger partial charge in [0.25, 0.3) is 10.1 Å². The minimum absolute atomic E-state index is 0. The van der Waals surface area contributed by atoms with Gasteiger partial charge in [-0.25, -0.2) is 0 Å². The summed E-state index contributed by atoms with van der Waals surface area (Å²) in [4.78, 5) is 0. The van der Waals surface area contributed by atoms with E-state index >= 15 is 0 Å². The van der Waals surface area contributed by atoms with Crippen LogP contribution in [0.5, 0.6) is 0 Å². The predicted octanol–water partition coefficient (Wildman–Crippen LogP) is 0.342. The molecule has 0 radical (unpaired) electrons. The second-order valence-electron chi connectivity index (χ2n) is 3.96. The number of anilines is 1. The first-order valence-electron chi connectivity index (χ1n) is 5.50. The molecule has 0 aliphatic rings. The summed E-state index contributed by atoms with van der Waals surface area (Å²) in [6.07, 6.45) is 0. The molecule has 0 bridgehead atoms. The topological polar surface area (TPSA) is 66.4 Å². The first-order valence-corrected chi connectivity index (χ1v) is 7.38. The van der Waals surface area contributed by atoms with E-state index in [1.807, 2.05) is 0 Å². The van der Waals surface area contributed by atoms with Crippen LogP contribution in [0.25, 0.3) is 0 Å². The van der Waals surface area contributed by atoms with Crippen molar-refractivity contribution in [2.75, 3.05) is 5.32 Å². The van der Waals surface area contributed by atoms with Gasteiger partial charge in [0, 0.05) is 10.7 Å². The summed E-state index contributed by atoms with van der Waals surface area (Å²) in [5, 5.41) is 2.00. The maximum atomic E-state index is 11.5. The third-order valence-corrected chi connectivity index (χ3v) is 3.74. The van der Waals surface area contributed by atoms with E-state index < -0.39 is 15.5 Å². The molecule has 7 heteroatoms. The van der Waals surface area contributed by atoms with Crippen molar-refractivity contribution in [3.63, 3.8) is 0 Å². The fourth-order valence-electron chi connectivity index (χ4n) is 1.69. The van der Waals surface area contributed by atoms with Gasteiger partial charge in [-0.05, 0) is 23.8 Å². The van der Waals surface area contributed by atoms with Crippen molar-refractivity contribution in [1.82, 2.24) is 0 Å². The monoisotopic (exact) mass is 320 g/mol. The zero-order chi connectivity index (χ0) is 13.9. The molecule has 1 atom stereocenters. The Hall–Kier alpha value is -0.560. The molecule has 0 heterocycles. The number of halogens is 1. The van der Waals surface area contributed by atoms with Crippen LogP contribution in [-0.2, 0) is 10.1 Å². The van der Waals surface area contributed by atoms with E-state index in [0.717, 1.165) is 0 Å². The van der Waals surface area contributed by atoms with Gasteiger partial charge in [-0.2, -0.15) is 8.42 Å². The minimum atomic E-state index is -4.28. The van der Waals surface area contributed by atoms with Gasteiger partial charge in [0.2, 0.25) is 0 Å². The van der Waals surface area contributed by atoms with Crippen LogP contribution < -0.4 is 34.9 Å². The summed E-state index contributed by atoms with van der Waals surface area (Å²) >= 11 is 5.84. The normalized spacial score (nSPS) is 12.3. The van der Waals surface area contributed by atoms with Gasteiger partial charge in [0.1, 0.15) is 0 Å². The molecular formula is C13H12ClNNaO3S+. The van der Waals surface area contributed by atoms with Crippen molar-refractivity contribution in [3.8, 4) is 0 Å². The number of hydrogen-bond donors (Lipinski definition) is 2. The molecule has 20 heavy (non-hydrogen) atoms. The first-order chi connectivity index (χ1) is 8.97. The van der Waals surface area contributed by atoms with Crippen LogP contribution in [0.15, 0.2) is 54.6 Å². The van der Waals surface area contributed by atoms with Gasteiger partial charge in [-0.3, -0.25) is 4.55 Å². The Morgan fingerprint density at radius 1 is 1.05 bits per heavy atom. The molecular weight excluding hydrogens is 309 g/mol. The summed E-state index contributed by atoms with van der Waals surface area (Å²) in [6, 6.07) is 15.0. The SMILES string of the molecule is O=S(=O)(O)C(Nc1cccc(Cl)c1)c1ccccc1.[Na+]. The Bertz CT molecular complexity index is 664. The van der Waals surface area contributed by atoms with E-state index in [4.69, 9.17) is 11.6 Å². The Kier molecular flexibility index (Phi) is 6.51. The molecule has 2 rings (SSSR count). The number of nitrogens with one attached hydrogen (secondary N) is 1. The number of hydrogen-bond acceptors (Lipinski definition) is 3. The summed E-state index contributed by atoms with van der Waals surface area (Å²) in [6.45, 7) is 0. The van der Waals surface area contributed by atoms with Crippen molar-refractivity contribution in [3.05, 3.63) is 65.2 Å². The van der Waals surface area contributed by atoms with Crippen LogP contribution in [0.3, 0.4) is 0 Å². The van der Waals surface area contributed by atoms with Crippen molar-refractivity contribution >= 4 is 27.4 Å². The molecule has 2 aromatic carbocycles.